The predicted octanol–water partition coefficient (Wildman–Crippen LogP) is 3.42. The van der Waals surface area contributed by atoms with Crippen molar-refractivity contribution in [3.8, 4) is 11.5 Å². The first kappa shape index (κ1) is 16.5. The molecule has 26 heavy (non-hydrogen) atoms. The van der Waals surface area contributed by atoms with Crippen molar-refractivity contribution >= 4 is 5.97 Å². The molecule has 2 aromatic carbocycles. The van der Waals surface area contributed by atoms with Crippen LogP contribution in [0.3, 0.4) is 0 Å². The molecule has 0 radical (unpaired) electrons. The Kier molecular flexibility index (Phi) is 4.50. The van der Waals surface area contributed by atoms with Gasteiger partial charge in [0.2, 0.25) is 11.8 Å². The van der Waals surface area contributed by atoms with Crippen LogP contribution in [0.2, 0.25) is 0 Å². The number of likely N-dealkylation sites (tertiary alicyclic amines) is 1. The van der Waals surface area contributed by atoms with Crippen LogP contribution in [0.4, 0.5) is 0 Å². The fourth-order valence-electron chi connectivity index (χ4n) is 3.29. The van der Waals surface area contributed by atoms with E-state index >= 15 is 0 Å². The van der Waals surface area contributed by atoms with Crippen molar-refractivity contribution in [1.29, 1.82) is 0 Å². The van der Waals surface area contributed by atoms with Gasteiger partial charge in [-0.15, -0.1) is 10.2 Å². The van der Waals surface area contributed by atoms with E-state index < -0.39 is 5.97 Å². The van der Waals surface area contributed by atoms with Crippen LogP contribution in [0.15, 0.2) is 59.0 Å². The lowest BCUT2D eigenvalue weighted by Gasteiger charge is -2.15. The molecule has 1 aromatic heterocycles. The van der Waals surface area contributed by atoms with E-state index in [4.69, 9.17) is 9.52 Å². The normalized spacial score (nSPS) is 17.5. The molecule has 1 saturated heterocycles. The molecule has 3 aromatic rings. The molecule has 0 amide bonds. The number of rotatable bonds is 5. The summed E-state index contributed by atoms with van der Waals surface area (Å²) in [6.07, 6.45) is 0.976. The highest BCUT2D eigenvalue weighted by molar-refractivity contribution is 5.87. The Hall–Kier alpha value is -2.99. The van der Waals surface area contributed by atoms with Crippen LogP contribution in [0.5, 0.6) is 0 Å². The molecule has 1 aliphatic heterocycles. The molecule has 1 aliphatic rings. The van der Waals surface area contributed by atoms with Crippen molar-refractivity contribution in [1.82, 2.24) is 15.1 Å². The van der Waals surface area contributed by atoms with E-state index in [-0.39, 0.29) is 5.92 Å². The molecule has 0 aliphatic carbocycles. The van der Waals surface area contributed by atoms with Gasteiger partial charge in [-0.05, 0) is 42.8 Å². The van der Waals surface area contributed by atoms with Gasteiger partial charge in [-0.25, -0.2) is 4.79 Å². The van der Waals surface area contributed by atoms with Gasteiger partial charge in [0.05, 0.1) is 11.5 Å². The topological polar surface area (TPSA) is 79.5 Å². The van der Waals surface area contributed by atoms with Crippen molar-refractivity contribution in [2.45, 2.75) is 18.9 Å². The molecule has 2 heterocycles. The summed E-state index contributed by atoms with van der Waals surface area (Å²) in [7, 11) is 0. The van der Waals surface area contributed by atoms with Gasteiger partial charge in [-0.1, -0.05) is 30.3 Å². The lowest BCUT2D eigenvalue weighted by molar-refractivity contribution is 0.0697. The molecule has 1 fully saturated rings. The van der Waals surface area contributed by atoms with Crippen LogP contribution in [-0.2, 0) is 6.54 Å². The van der Waals surface area contributed by atoms with Gasteiger partial charge in [-0.3, -0.25) is 4.90 Å². The summed E-state index contributed by atoms with van der Waals surface area (Å²) in [5.41, 5.74) is 2.35. The molecule has 1 N–H and O–H groups in total. The van der Waals surface area contributed by atoms with Crippen LogP contribution in [-0.4, -0.2) is 39.3 Å². The summed E-state index contributed by atoms with van der Waals surface area (Å²) in [5, 5.41) is 17.4. The summed E-state index contributed by atoms with van der Waals surface area (Å²) in [5.74, 6) is 0.581. The molecule has 4 rings (SSSR count). The maximum Gasteiger partial charge on any atom is 0.335 e. The third kappa shape index (κ3) is 3.50. The van der Waals surface area contributed by atoms with Crippen molar-refractivity contribution in [3.05, 3.63) is 71.6 Å². The molecular formula is C20H19N3O3. The van der Waals surface area contributed by atoms with Gasteiger partial charge in [-0.2, -0.15) is 0 Å². The SMILES string of the molecule is O=C(O)c1ccc(CN2CCC(c3nnc(-c4ccccc4)o3)C2)cc1. The number of hydrogen-bond acceptors (Lipinski definition) is 5. The number of aromatic nitrogens is 2. The van der Waals surface area contributed by atoms with Crippen LogP contribution in [0, 0.1) is 0 Å². The number of benzene rings is 2. The first-order valence-electron chi connectivity index (χ1n) is 8.62. The first-order valence-corrected chi connectivity index (χ1v) is 8.62. The van der Waals surface area contributed by atoms with Crippen molar-refractivity contribution in [2.24, 2.45) is 0 Å². The highest BCUT2D eigenvalue weighted by atomic mass is 16.4. The molecule has 0 spiro atoms. The van der Waals surface area contributed by atoms with Crippen LogP contribution in [0.25, 0.3) is 11.5 Å². The van der Waals surface area contributed by atoms with E-state index in [0.29, 0.717) is 17.3 Å². The van der Waals surface area contributed by atoms with Gasteiger partial charge in [0, 0.05) is 18.7 Å². The second kappa shape index (κ2) is 7.09. The lowest BCUT2D eigenvalue weighted by Crippen LogP contribution is -2.19. The molecule has 6 heteroatoms. The number of aromatic carboxylic acids is 1. The minimum absolute atomic E-state index is 0.234. The number of carboxylic acid groups (broad SMARTS) is 1. The molecule has 0 saturated carbocycles. The number of carbonyl (C=O) groups is 1. The van der Waals surface area contributed by atoms with Gasteiger partial charge in [0.1, 0.15) is 0 Å². The second-order valence-electron chi connectivity index (χ2n) is 6.53. The fraction of sp³-hybridized carbons (Fsp3) is 0.250. The Morgan fingerprint density at radius 1 is 1.12 bits per heavy atom. The van der Waals surface area contributed by atoms with Gasteiger partial charge >= 0.3 is 5.97 Å². The van der Waals surface area contributed by atoms with Crippen LogP contribution >= 0.6 is 0 Å². The van der Waals surface area contributed by atoms with Crippen LogP contribution < -0.4 is 0 Å². The first-order chi connectivity index (χ1) is 12.7. The van der Waals surface area contributed by atoms with E-state index in [9.17, 15) is 4.79 Å². The summed E-state index contributed by atoms with van der Waals surface area (Å²) in [6.45, 7) is 2.60. The molecule has 6 nitrogen and oxygen atoms in total. The largest absolute Gasteiger partial charge is 0.478 e. The van der Waals surface area contributed by atoms with E-state index in [1.165, 1.54) is 0 Å². The Labute approximate surface area is 151 Å². The minimum Gasteiger partial charge on any atom is -0.478 e. The number of carboxylic acids is 1. The zero-order valence-corrected chi connectivity index (χ0v) is 14.2. The van der Waals surface area contributed by atoms with E-state index in [1.807, 2.05) is 42.5 Å². The minimum atomic E-state index is -0.900. The average Bonchev–Trinajstić information content (AvgIpc) is 3.32. The third-order valence-electron chi connectivity index (χ3n) is 4.69. The maximum absolute atomic E-state index is 10.9. The summed E-state index contributed by atoms with van der Waals surface area (Å²) in [6, 6.07) is 16.8. The number of nitrogens with zero attached hydrogens (tertiary/aromatic N) is 3. The van der Waals surface area contributed by atoms with E-state index in [0.717, 1.165) is 37.2 Å². The predicted molar refractivity (Wildman–Crippen MR) is 95.8 cm³/mol. The summed E-state index contributed by atoms with van der Waals surface area (Å²) < 4.78 is 5.88. The van der Waals surface area contributed by atoms with Crippen LogP contribution in [0.1, 0.15) is 34.2 Å². The van der Waals surface area contributed by atoms with Crippen molar-refractivity contribution < 1.29 is 14.3 Å². The highest BCUT2D eigenvalue weighted by Gasteiger charge is 2.28. The van der Waals surface area contributed by atoms with E-state index in [2.05, 4.69) is 15.1 Å². The molecule has 0 bridgehead atoms. The second-order valence-corrected chi connectivity index (χ2v) is 6.53. The highest BCUT2D eigenvalue weighted by Crippen LogP contribution is 2.29. The molecule has 1 atom stereocenters. The Morgan fingerprint density at radius 2 is 1.88 bits per heavy atom. The third-order valence-corrected chi connectivity index (χ3v) is 4.69. The standard InChI is InChI=1S/C20H19N3O3/c24-20(25)16-8-6-14(7-9-16)12-23-11-10-17(13-23)19-22-21-18(26-19)15-4-2-1-3-5-15/h1-9,17H,10-13H2,(H,24,25). The summed E-state index contributed by atoms with van der Waals surface area (Å²) in [4.78, 5) is 13.3. The Morgan fingerprint density at radius 3 is 2.62 bits per heavy atom. The molecular weight excluding hydrogens is 330 g/mol. The Balaban J connectivity index is 1.39. The number of hydrogen-bond donors (Lipinski definition) is 1. The van der Waals surface area contributed by atoms with Gasteiger partial charge in [0.25, 0.3) is 0 Å². The fourth-order valence-corrected chi connectivity index (χ4v) is 3.29. The molecule has 1 unspecified atom stereocenters. The van der Waals surface area contributed by atoms with Gasteiger partial charge in [0.15, 0.2) is 0 Å². The average molecular weight is 349 g/mol. The van der Waals surface area contributed by atoms with Gasteiger partial charge < -0.3 is 9.52 Å². The Bertz CT molecular complexity index is 890. The van der Waals surface area contributed by atoms with E-state index in [1.54, 1.807) is 12.1 Å². The zero-order valence-electron chi connectivity index (χ0n) is 14.2. The summed E-state index contributed by atoms with van der Waals surface area (Å²) >= 11 is 0. The lowest BCUT2D eigenvalue weighted by atomic mass is 10.1. The zero-order chi connectivity index (χ0) is 17.9. The monoisotopic (exact) mass is 349 g/mol. The molecule has 132 valence electrons. The van der Waals surface area contributed by atoms with Crippen molar-refractivity contribution in [2.75, 3.05) is 13.1 Å². The van der Waals surface area contributed by atoms with Crippen molar-refractivity contribution in [3.63, 3.8) is 0 Å². The maximum atomic E-state index is 10.9. The quantitative estimate of drug-likeness (QED) is 0.760. The smallest absolute Gasteiger partial charge is 0.335 e.